The van der Waals surface area contributed by atoms with Crippen LogP contribution in [0.5, 0.6) is 0 Å². The molecule has 0 fully saturated rings. The number of esters is 2. The van der Waals surface area contributed by atoms with E-state index in [0.717, 1.165) is 14.2 Å². The Morgan fingerprint density at radius 1 is 0.714 bits per heavy atom. The van der Waals surface area contributed by atoms with Gasteiger partial charge in [-0.1, -0.05) is 0 Å². The summed E-state index contributed by atoms with van der Waals surface area (Å²) in [6, 6.07) is 0. The Morgan fingerprint density at radius 3 is 1.33 bits per heavy atom. The van der Waals surface area contributed by atoms with Crippen LogP contribution in [-0.4, -0.2) is 66.0 Å². The Labute approximate surface area is 124 Å². The molecule has 0 aliphatic heterocycles. The summed E-state index contributed by atoms with van der Waals surface area (Å²) in [6.45, 7) is 0. The molecular weight excluding hydrogens is 324 g/mol. The van der Waals surface area contributed by atoms with Crippen molar-refractivity contribution in [3.05, 3.63) is 0 Å². The molecule has 21 heavy (non-hydrogen) atoms. The lowest BCUT2D eigenvalue weighted by molar-refractivity contribution is -0.141. The van der Waals surface area contributed by atoms with Crippen molar-refractivity contribution in [1.29, 1.82) is 0 Å². The summed E-state index contributed by atoms with van der Waals surface area (Å²) < 4.78 is 54.9. The van der Waals surface area contributed by atoms with Crippen LogP contribution in [0, 0.1) is 0 Å². The average Bonchev–Trinajstić information content (AvgIpc) is 2.41. The highest BCUT2D eigenvalue weighted by atomic mass is 32.2. The molecule has 0 unspecified atom stereocenters. The molecule has 8 nitrogen and oxygen atoms in total. The summed E-state index contributed by atoms with van der Waals surface area (Å²) in [7, 11) is -4.69. The van der Waals surface area contributed by atoms with Gasteiger partial charge in [0.25, 0.3) is 0 Å². The average molecular weight is 344 g/mol. The lowest BCUT2D eigenvalue weighted by atomic mass is 10.5. The van der Waals surface area contributed by atoms with Gasteiger partial charge in [-0.05, 0) is 6.42 Å². The lowest BCUT2D eigenvalue weighted by Crippen LogP contribution is -2.20. The molecule has 124 valence electrons. The molecule has 0 heterocycles. The standard InChI is InChI=1S/C11H20O8S2/c1-18-10(12)4-8-20(14,15)6-3-7-21(16,17)9-5-11(13)19-2/h3-9H2,1-2H3. The Morgan fingerprint density at radius 2 is 1.05 bits per heavy atom. The van der Waals surface area contributed by atoms with Gasteiger partial charge in [-0.3, -0.25) is 9.59 Å². The maximum absolute atomic E-state index is 11.6. The number of methoxy groups -OCH3 is 2. The van der Waals surface area contributed by atoms with Crippen LogP contribution in [0.2, 0.25) is 0 Å². The van der Waals surface area contributed by atoms with Crippen molar-refractivity contribution in [2.24, 2.45) is 0 Å². The summed E-state index contributed by atoms with van der Waals surface area (Å²) in [5, 5.41) is 0. The molecule has 0 bridgehead atoms. The van der Waals surface area contributed by atoms with E-state index in [1.165, 1.54) is 0 Å². The van der Waals surface area contributed by atoms with Crippen LogP contribution in [0.15, 0.2) is 0 Å². The van der Waals surface area contributed by atoms with E-state index in [9.17, 15) is 26.4 Å². The van der Waals surface area contributed by atoms with E-state index in [2.05, 4.69) is 9.47 Å². The first-order valence-electron chi connectivity index (χ1n) is 6.16. The van der Waals surface area contributed by atoms with Gasteiger partial charge in [0, 0.05) is 0 Å². The van der Waals surface area contributed by atoms with Crippen LogP contribution in [0.1, 0.15) is 19.3 Å². The van der Waals surface area contributed by atoms with Gasteiger partial charge in [0.1, 0.15) is 0 Å². The molecule has 0 radical (unpaired) electrons. The second-order valence-corrected chi connectivity index (χ2v) is 8.92. The van der Waals surface area contributed by atoms with Gasteiger partial charge in [0.05, 0.1) is 50.1 Å². The second kappa shape index (κ2) is 8.98. The van der Waals surface area contributed by atoms with Gasteiger partial charge in [-0.2, -0.15) is 0 Å². The van der Waals surface area contributed by atoms with Gasteiger partial charge >= 0.3 is 11.9 Å². The van der Waals surface area contributed by atoms with Crippen molar-refractivity contribution >= 4 is 31.6 Å². The first kappa shape index (κ1) is 19.8. The lowest BCUT2D eigenvalue weighted by Gasteiger charge is -2.05. The molecule has 0 rings (SSSR count). The smallest absolute Gasteiger partial charge is 0.306 e. The molecule has 10 heteroatoms. The summed E-state index contributed by atoms with van der Waals surface area (Å²) in [5.41, 5.74) is 0. The Hall–Kier alpha value is -1.16. The molecule has 0 saturated carbocycles. The third-order valence-corrected chi connectivity index (χ3v) is 6.07. The fraction of sp³-hybridized carbons (Fsp3) is 0.818. The zero-order valence-electron chi connectivity index (χ0n) is 12.0. The molecular formula is C11H20O8S2. The molecule has 0 saturated heterocycles. The molecule has 0 aliphatic rings. The Balaban J connectivity index is 4.16. The van der Waals surface area contributed by atoms with Gasteiger partial charge in [0.2, 0.25) is 0 Å². The fourth-order valence-corrected chi connectivity index (χ4v) is 4.10. The second-order valence-electron chi connectivity index (χ2n) is 4.31. The summed E-state index contributed by atoms with van der Waals surface area (Å²) in [6.07, 6.45) is -0.588. The van der Waals surface area contributed by atoms with Crippen molar-refractivity contribution in [1.82, 2.24) is 0 Å². The maximum atomic E-state index is 11.6. The van der Waals surface area contributed by atoms with Crippen LogP contribution in [0.25, 0.3) is 0 Å². The van der Waals surface area contributed by atoms with Gasteiger partial charge in [-0.15, -0.1) is 0 Å². The van der Waals surface area contributed by atoms with Crippen LogP contribution in [0.4, 0.5) is 0 Å². The van der Waals surface area contributed by atoms with Crippen molar-refractivity contribution in [2.75, 3.05) is 37.2 Å². The van der Waals surface area contributed by atoms with Crippen molar-refractivity contribution in [3.8, 4) is 0 Å². The highest BCUT2D eigenvalue weighted by Gasteiger charge is 2.18. The van der Waals surface area contributed by atoms with E-state index in [4.69, 9.17) is 0 Å². The summed E-state index contributed by atoms with van der Waals surface area (Å²) >= 11 is 0. The molecule has 0 atom stereocenters. The van der Waals surface area contributed by atoms with Crippen LogP contribution in [-0.2, 0) is 38.7 Å². The quantitative estimate of drug-likeness (QED) is 0.479. The highest BCUT2D eigenvalue weighted by Crippen LogP contribution is 2.03. The van der Waals surface area contributed by atoms with Gasteiger partial charge < -0.3 is 9.47 Å². The number of ether oxygens (including phenoxy) is 2. The normalized spacial score (nSPS) is 11.9. The number of hydrogen-bond acceptors (Lipinski definition) is 8. The third-order valence-electron chi connectivity index (χ3n) is 2.60. The van der Waals surface area contributed by atoms with E-state index in [1.807, 2.05) is 0 Å². The zero-order chi connectivity index (χ0) is 16.5. The van der Waals surface area contributed by atoms with Gasteiger partial charge in [-0.25, -0.2) is 16.8 Å². The predicted octanol–water partition coefficient (Wildman–Crippen LogP) is -0.668. The van der Waals surface area contributed by atoms with E-state index < -0.39 is 31.6 Å². The van der Waals surface area contributed by atoms with Crippen molar-refractivity contribution in [3.63, 3.8) is 0 Å². The SMILES string of the molecule is COC(=O)CCS(=O)(=O)CCCS(=O)(=O)CCC(=O)OC. The third kappa shape index (κ3) is 10.2. The van der Waals surface area contributed by atoms with Crippen LogP contribution < -0.4 is 0 Å². The molecule has 0 aromatic carbocycles. The van der Waals surface area contributed by atoms with Crippen LogP contribution >= 0.6 is 0 Å². The number of carbonyl (C=O) groups excluding carboxylic acids is 2. The summed E-state index contributed by atoms with van der Waals surface area (Å²) in [5.74, 6) is -2.68. The zero-order valence-corrected chi connectivity index (χ0v) is 13.7. The number of carbonyl (C=O) groups is 2. The first-order valence-corrected chi connectivity index (χ1v) is 9.80. The van der Waals surface area contributed by atoms with Gasteiger partial charge in [0.15, 0.2) is 19.7 Å². The maximum Gasteiger partial charge on any atom is 0.306 e. The topological polar surface area (TPSA) is 121 Å². The number of sulfone groups is 2. The molecule has 0 aliphatic carbocycles. The number of hydrogen-bond donors (Lipinski definition) is 0. The van der Waals surface area contributed by atoms with Crippen LogP contribution in [0.3, 0.4) is 0 Å². The molecule has 0 N–H and O–H groups in total. The minimum atomic E-state index is -3.50. The largest absolute Gasteiger partial charge is 0.469 e. The first-order chi connectivity index (χ1) is 9.62. The van der Waals surface area contributed by atoms with Crippen molar-refractivity contribution in [2.45, 2.75) is 19.3 Å². The van der Waals surface area contributed by atoms with E-state index in [-0.39, 0.29) is 42.3 Å². The highest BCUT2D eigenvalue weighted by molar-refractivity contribution is 7.92. The fourth-order valence-electron chi connectivity index (χ4n) is 1.38. The molecule has 0 aromatic heterocycles. The Bertz CT molecular complexity index is 497. The molecule has 0 amide bonds. The van der Waals surface area contributed by atoms with Crippen molar-refractivity contribution < 1.29 is 35.9 Å². The van der Waals surface area contributed by atoms with E-state index in [0.29, 0.717) is 0 Å². The minimum Gasteiger partial charge on any atom is -0.469 e. The molecule has 0 spiro atoms. The Kier molecular flexibility index (Phi) is 8.48. The van der Waals surface area contributed by atoms with E-state index >= 15 is 0 Å². The monoisotopic (exact) mass is 344 g/mol. The molecule has 0 aromatic rings. The number of rotatable bonds is 10. The van der Waals surface area contributed by atoms with E-state index in [1.54, 1.807) is 0 Å². The summed E-state index contributed by atoms with van der Waals surface area (Å²) in [4.78, 5) is 21.7. The minimum absolute atomic E-state index is 0.0764. The predicted molar refractivity (Wildman–Crippen MR) is 75.2 cm³/mol.